The Morgan fingerprint density at radius 3 is 2.31 bits per heavy atom. The Morgan fingerprint density at radius 1 is 1.05 bits per heavy atom. The van der Waals surface area contributed by atoms with Crippen molar-refractivity contribution in [3.05, 3.63) is 46.8 Å². The standard InChI is InChI=1S/C27H33N3O7S2/c1-5-37-25(31)17-30-21-15-22(35-3)23(36-4)16-24(21)38-27(30)28-26(32)18-11-13-20(14-12-18)39(33,34)29(2)19-9-7-6-8-10-19/h11-16,19H,5-10,17H2,1-4H3. The zero-order chi connectivity index (χ0) is 28.2. The van der Waals surface area contributed by atoms with E-state index >= 15 is 0 Å². The summed E-state index contributed by atoms with van der Waals surface area (Å²) in [6.07, 6.45) is 4.87. The number of benzene rings is 2. The summed E-state index contributed by atoms with van der Waals surface area (Å²) in [5.41, 5.74) is 0.856. The van der Waals surface area contributed by atoms with Crippen LogP contribution in [-0.2, 0) is 26.1 Å². The molecule has 0 saturated heterocycles. The molecule has 1 aliphatic rings. The lowest BCUT2D eigenvalue weighted by molar-refractivity contribution is -0.143. The van der Waals surface area contributed by atoms with Gasteiger partial charge in [-0.1, -0.05) is 30.6 Å². The van der Waals surface area contributed by atoms with Crippen molar-refractivity contribution in [3.63, 3.8) is 0 Å². The Labute approximate surface area is 231 Å². The topological polar surface area (TPSA) is 117 Å². The van der Waals surface area contributed by atoms with Crippen LogP contribution in [0.3, 0.4) is 0 Å². The van der Waals surface area contributed by atoms with E-state index in [1.807, 2.05) is 0 Å². The van der Waals surface area contributed by atoms with Crippen molar-refractivity contribution in [2.24, 2.45) is 4.99 Å². The van der Waals surface area contributed by atoms with Crippen molar-refractivity contribution in [3.8, 4) is 11.5 Å². The maximum absolute atomic E-state index is 13.2. The fraction of sp³-hybridized carbons (Fsp3) is 0.444. The SMILES string of the molecule is CCOC(=O)Cn1c(=NC(=O)c2ccc(S(=O)(=O)N(C)C3CCCCC3)cc2)sc2cc(OC)c(OC)cc21. The molecule has 12 heteroatoms. The van der Waals surface area contributed by atoms with Gasteiger partial charge in [0.2, 0.25) is 10.0 Å². The predicted molar refractivity (Wildman–Crippen MR) is 148 cm³/mol. The van der Waals surface area contributed by atoms with Crippen molar-refractivity contribution in [2.45, 2.75) is 56.5 Å². The maximum Gasteiger partial charge on any atom is 0.326 e. The van der Waals surface area contributed by atoms with Crippen LogP contribution in [0.15, 0.2) is 46.3 Å². The van der Waals surface area contributed by atoms with Gasteiger partial charge in [0.1, 0.15) is 6.54 Å². The lowest BCUT2D eigenvalue weighted by Gasteiger charge is -2.30. The minimum atomic E-state index is -3.68. The van der Waals surface area contributed by atoms with E-state index in [2.05, 4.69) is 4.99 Å². The van der Waals surface area contributed by atoms with Crippen LogP contribution in [0.1, 0.15) is 49.4 Å². The lowest BCUT2D eigenvalue weighted by Crippen LogP contribution is -2.38. The number of nitrogens with zero attached hydrogens (tertiary/aromatic N) is 3. The van der Waals surface area contributed by atoms with Crippen LogP contribution in [0.4, 0.5) is 0 Å². The largest absolute Gasteiger partial charge is 0.493 e. The van der Waals surface area contributed by atoms with Crippen molar-refractivity contribution < 1.29 is 32.2 Å². The van der Waals surface area contributed by atoms with Crippen molar-refractivity contribution >= 4 is 43.5 Å². The molecule has 0 spiro atoms. The van der Waals surface area contributed by atoms with Crippen LogP contribution >= 0.6 is 11.3 Å². The smallest absolute Gasteiger partial charge is 0.326 e. The van der Waals surface area contributed by atoms with E-state index in [-0.39, 0.29) is 34.5 Å². The third kappa shape index (κ3) is 6.18. The number of thiazole rings is 1. The van der Waals surface area contributed by atoms with E-state index in [4.69, 9.17) is 14.2 Å². The number of carbonyl (C=O) groups excluding carboxylic acids is 2. The van der Waals surface area contributed by atoms with E-state index in [1.165, 1.54) is 54.1 Å². The summed E-state index contributed by atoms with van der Waals surface area (Å²) in [6, 6.07) is 9.25. The number of esters is 1. The van der Waals surface area contributed by atoms with Gasteiger partial charge < -0.3 is 18.8 Å². The molecule has 1 amide bonds. The lowest BCUT2D eigenvalue weighted by atomic mass is 9.96. The fourth-order valence-electron chi connectivity index (χ4n) is 4.70. The molecule has 0 bridgehead atoms. The molecule has 0 unspecified atom stereocenters. The van der Waals surface area contributed by atoms with Gasteiger partial charge >= 0.3 is 5.97 Å². The Morgan fingerprint density at radius 2 is 1.69 bits per heavy atom. The van der Waals surface area contributed by atoms with Gasteiger partial charge in [0.25, 0.3) is 5.91 Å². The molecule has 1 heterocycles. The molecule has 1 aromatic heterocycles. The van der Waals surface area contributed by atoms with Crippen LogP contribution in [0.2, 0.25) is 0 Å². The third-order valence-electron chi connectivity index (χ3n) is 6.84. The quantitative estimate of drug-likeness (QED) is 0.355. The third-order valence-corrected chi connectivity index (χ3v) is 9.81. The summed E-state index contributed by atoms with van der Waals surface area (Å²) in [4.78, 5) is 30.2. The van der Waals surface area contributed by atoms with Gasteiger partial charge in [-0.15, -0.1) is 0 Å². The Balaban J connectivity index is 1.68. The van der Waals surface area contributed by atoms with Crippen LogP contribution in [-0.4, -0.2) is 63.1 Å². The summed E-state index contributed by atoms with van der Waals surface area (Å²) in [5.74, 6) is -0.0733. The minimum absolute atomic E-state index is 0.0138. The molecule has 2 aromatic carbocycles. The van der Waals surface area contributed by atoms with Gasteiger partial charge in [0, 0.05) is 30.8 Å². The van der Waals surface area contributed by atoms with Gasteiger partial charge in [-0.3, -0.25) is 9.59 Å². The Kier molecular flexibility index (Phi) is 9.08. The maximum atomic E-state index is 13.2. The number of amides is 1. The van der Waals surface area contributed by atoms with E-state index in [9.17, 15) is 18.0 Å². The highest BCUT2D eigenvalue weighted by molar-refractivity contribution is 7.89. The second-order valence-electron chi connectivity index (χ2n) is 9.21. The number of hydrogen-bond acceptors (Lipinski definition) is 8. The van der Waals surface area contributed by atoms with E-state index in [0.717, 1.165) is 36.8 Å². The second kappa shape index (κ2) is 12.3. The number of hydrogen-bond donors (Lipinski definition) is 0. The number of ether oxygens (including phenoxy) is 3. The first-order valence-electron chi connectivity index (χ1n) is 12.8. The van der Waals surface area contributed by atoms with Gasteiger partial charge in [0.05, 0.1) is 35.9 Å². The fourth-order valence-corrected chi connectivity index (χ4v) is 7.15. The number of methoxy groups -OCH3 is 2. The van der Waals surface area contributed by atoms with Gasteiger partial charge in [-0.2, -0.15) is 9.30 Å². The molecule has 39 heavy (non-hydrogen) atoms. The number of fused-ring (bicyclic) bond motifs is 1. The van der Waals surface area contributed by atoms with Gasteiger partial charge in [0.15, 0.2) is 16.3 Å². The molecule has 0 aliphatic heterocycles. The van der Waals surface area contributed by atoms with E-state index in [1.54, 1.807) is 30.7 Å². The average molecular weight is 576 g/mol. The molecule has 210 valence electrons. The van der Waals surface area contributed by atoms with Gasteiger partial charge in [-0.05, 0) is 44.0 Å². The van der Waals surface area contributed by atoms with E-state index < -0.39 is 21.9 Å². The molecule has 1 saturated carbocycles. The predicted octanol–water partition coefficient (Wildman–Crippen LogP) is 3.98. The molecule has 0 radical (unpaired) electrons. The summed E-state index contributed by atoms with van der Waals surface area (Å²) in [7, 11) is 0.971. The molecule has 10 nitrogen and oxygen atoms in total. The van der Waals surface area contributed by atoms with Crippen molar-refractivity contribution in [1.29, 1.82) is 0 Å². The first-order chi connectivity index (χ1) is 18.7. The second-order valence-corrected chi connectivity index (χ2v) is 12.2. The summed E-state index contributed by atoms with van der Waals surface area (Å²) in [6.45, 7) is 1.78. The van der Waals surface area contributed by atoms with Crippen LogP contribution in [0, 0.1) is 0 Å². The number of aromatic nitrogens is 1. The van der Waals surface area contributed by atoms with Crippen LogP contribution in [0.25, 0.3) is 10.2 Å². The molecule has 0 N–H and O–H groups in total. The summed E-state index contributed by atoms with van der Waals surface area (Å²) in [5, 5.41) is 0. The molecule has 0 atom stereocenters. The van der Waals surface area contributed by atoms with E-state index in [0.29, 0.717) is 17.0 Å². The molecule has 1 aliphatic carbocycles. The number of sulfonamides is 1. The molecule has 1 fully saturated rings. The van der Waals surface area contributed by atoms with Crippen molar-refractivity contribution in [2.75, 3.05) is 27.9 Å². The first-order valence-corrected chi connectivity index (χ1v) is 15.0. The molecule has 3 aromatic rings. The zero-order valence-electron chi connectivity index (χ0n) is 22.5. The number of carbonyl (C=O) groups is 2. The molecular weight excluding hydrogens is 542 g/mol. The summed E-state index contributed by atoms with van der Waals surface area (Å²) >= 11 is 1.21. The highest BCUT2D eigenvalue weighted by Gasteiger charge is 2.29. The monoisotopic (exact) mass is 575 g/mol. The first kappa shape index (κ1) is 28.8. The number of rotatable bonds is 9. The Hall–Kier alpha value is -3.22. The highest BCUT2D eigenvalue weighted by Crippen LogP contribution is 2.33. The zero-order valence-corrected chi connectivity index (χ0v) is 24.1. The van der Waals surface area contributed by atoms with Crippen molar-refractivity contribution in [1.82, 2.24) is 8.87 Å². The normalized spacial score (nSPS) is 15.1. The minimum Gasteiger partial charge on any atom is -0.493 e. The Bertz CT molecular complexity index is 1520. The molecular formula is C27H33N3O7S2. The van der Waals surface area contributed by atoms with Crippen LogP contribution in [0.5, 0.6) is 11.5 Å². The average Bonchev–Trinajstić information content (AvgIpc) is 3.27. The van der Waals surface area contributed by atoms with Crippen LogP contribution < -0.4 is 14.3 Å². The van der Waals surface area contributed by atoms with Gasteiger partial charge in [-0.25, -0.2) is 8.42 Å². The highest BCUT2D eigenvalue weighted by atomic mass is 32.2. The summed E-state index contributed by atoms with van der Waals surface area (Å²) < 4.78 is 46.0. The molecule has 4 rings (SSSR count).